The Morgan fingerprint density at radius 1 is 1.43 bits per heavy atom. The van der Waals surface area contributed by atoms with Gasteiger partial charge in [-0.3, -0.25) is 4.55 Å². The van der Waals surface area contributed by atoms with Crippen LogP contribution >= 0.6 is 11.3 Å². The van der Waals surface area contributed by atoms with Crippen molar-refractivity contribution in [2.75, 3.05) is 0 Å². The second-order valence-electron chi connectivity index (χ2n) is 2.91. The molecule has 0 saturated heterocycles. The van der Waals surface area contributed by atoms with Gasteiger partial charge >= 0.3 is 0 Å². The quantitative estimate of drug-likeness (QED) is 0.758. The Morgan fingerprint density at radius 2 is 2.14 bits per heavy atom. The Hall–Kier alpha value is -0.980. The van der Waals surface area contributed by atoms with E-state index in [2.05, 4.69) is 4.98 Å². The molecule has 0 bridgehead atoms. The molecule has 14 heavy (non-hydrogen) atoms. The van der Waals surface area contributed by atoms with Gasteiger partial charge in [-0.2, -0.15) is 8.42 Å². The number of nitrogens with zero attached hydrogens (tertiary/aromatic N) is 1. The predicted molar refractivity (Wildman–Crippen MR) is 54.2 cm³/mol. The second kappa shape index (κ2) is 3.01. The minimum atomic E-state index is -4.12. The summed E-state index contributed by atoms with van der Waals surface area (Å²) in [5, 5.41) is 0. The largest absolute Gasteiger partial charge is 0.294 e. The summed E-state index contributed by atoms with van der Waals surface area (Å²) in [5.41, 5.74) is 2.89. The zero-order valence-electron chi connectivity index (χ0n) is 7.26. The van der Waals surface area contributed by atoms with E-state index in [1.54, 1.807) is 18.5 Å². The molecular formula is C8H7NO3S2. The van der Waals surface area contributed by atoms with Crippen LogP contribution in [0.5, 0.6) is 0 Å². The Balaban J connectivity index is 2.84. The van der Waals surface area contributed by atoms with Crippen molar-refractivity contribution in [2.24, 2.45) is 0 Å². The molecule has 0 spiro atoms. The molecule has 1 aromatic carbocycles. The van der Waals surface area contributed by atoms with E-state index in [0.717, 1.165) is 10.2 Å². The van der Waals surface area contributed by atoms with Crippen LogP contribution in [0.3, 0.4) is 0 Å². The molecule has 0 atom stereocenters. The Labute approximate surface area is 85.0 Å². The van der Waals surface area contributed by atoms with E-state index < -0.39 is 10.1 Å². The molecule has 1 N–H and O–H groups in total. The molecule has 0 aliphatic carbocycles. The lowest BCUT2D eigenvalue weighted by Gasteiger charge is -2.01. The predicted octanol–water partition coefficient (Wildman–Crippen LogP) is 1.85. The van der Waals surface area contributed by atoms with Crippen LogP contribution in [0.2, 0.25) is 0 Å². The van der Waals surface area contributed by atoms with Gasteiger partial charge in [0.2, 0.25) is 0 Å². The van der Waals surface area contributed by atoms with Gasteiger partial charge in [-0.15, -0.1) is 11.3 Å². The van der Waals surface area contributed by atoms with E-state index in [4.69, 9.17) is 4.55 Å². The average Bonchev–Trinajstić information content (AvgIpc) is 2.47. The van der Waals surface area contributed by atoms with Crippen molar-refractivity contribution in [3.63, 3.8) is 0 Å². The van der Waals surface area contributed by atoms with Crippen LogP contribution < -0.4 is 0 Å². The van der Waals surface area contributed by atoms with Crippen LogP contribution in [0.15, 0.2) is 22.5 Å². The highest BCUT2D eigenvalue weighted by molar-refractivity contribution is 7.85. The number of aromatic nitrogens is 1. The van der Waals surface area contributed by atoms with E-state index in [0.29, 0.717) is 5.56 Å². The van der Waals surface area contributed by atoms with Crippen LogP contribution in [0.1, 0.15) is 5.56 Å². The summed E-state index contributed by atoms with van der Waals surface area (Å²) in [7, 11) is -4.12. The van der Waals surface area contributed by atoms with Gasteiger partial charge in [-0.1, -0.05) is 0 Å². The van der Waals surface area contributed by atoms with Crippen LogP contribution in [-0.2, 0) is 10.1 Å². The van der Waals surface area contributed by atoms with Crippen LogP contribution in [0, 0.1) is 6.92 Å². The third kappa shape index (κ3) is 1.52. The van der Waals surface area contributed by atoms with Crippen LogP contribution in [0.25, 0.3) is 10.2 Å². The van der Waals surface area contributed by atoms with Gasteiger partial charge in [0.25, 0.3) is 10.1 Å². The fourth-order valence-electron chi connectivity index (χ4n) is 1.27. The summed E-state index contributed by atoms with van der Waals surface area (Å²) in [6, 6.07) is 3.09. The van der Waals surface area contributed by atoms with Gasteiger partial charge in [0.15, 0.2) is 0 Å². The smallest absolute Gasteiger partial charge is 0.282 e. The molecule has 2 aromatic rings. The minimum Gasteiger partial charge on any atom is -0.282 e. The van der Waals surface area contributed by atoms with Crippen LogP contribution in [0.4, 0.5) is 0 Å². The molecule has 0 radical (unpaired) electrons. The van der Waals surface area contributed by atoms with Crippen LogP contribution in [-0.4, -0.2) is 18.0 Å². The average molecular weight is 229 g/mol. The molecule has 1 heterocycles. The Morgan fingerprint density at radius 3 is 2.79 bits per heavy atom. The molecule has 0 fully saturated rings. The van der Waals surface area contributed by atoms with Gasteiger partial charge < -0.3 is 0 Å². The van der Waals surface area contributed by atoms with Gasteiger partial charge in [-0.05, 0) is 24.6 Å². The molecule has 0 amide bonds. The number of fused-ring (bicyclic) bond motifs is 1. The highest BCUT2D eigenvalue weighted by Gasteiger charge is 2.14. The van der Waals surface area contributed by atoms with E-state index in [9.17, 15) is 8.42 Å². The first-order valence-electron chi connectivity index (χ1n) is 3.80. The van der Waals surface area contributed by atoms with Crippen molar-refractivity contribution < 1.29 is 13.0 Å². The number of benzene rings is 1. The lowest BCUT2D eigenvalue weighted by atomic mass is 10.2. The normalized spacial score (nSPS) is 12.1. The first-order valence-corrected chi connectivity index (χ1v) is 6.12. The molecule has 0 unspecified atom stereocenters. The Kier molecular flexibility index (Phi) is 2.06. The summed E-state index contributed by atoms with van der Waals surface area (Å²) < 4.78 is 31.6. The van der Waals surface area contributed by atoms with Crippen molar-refractivity contribution in [3.8, 4) is 0 Å². The zero-order valence-corrected chi connectivity index (χ0v) is 8.89. The fourth-order valence-corrected chi connectivity index (χ4v) is 2.77. The lowest BCUT2D eigenvalue weighted by Crippen LogP contribution is -2.00. The molecule has 2 rings (SSSR count). The molecular weight excluding hydrogens is 222 g/mol. The third-order valence-electron chi connectivity index (χ3n) is 1.91. The third-order valence-corrected chi connectivity index (χ3v) is 3.69. The summed E-state index contributed by atoms with van der Waals surface area (Å²) in [4.78, 5) is 4.00. The number of aryl methyl sites for hydroxylation is 1. The first-order chi connectivity index (χ1) is 6.48. The summed E-state index contributed by atoms with van der Waals surface area (Å²) in [6.07, 6.45) is 0. The van der Waals surface area contributed by atoms with E-state index in [1.807, 2.05) is 0 Å². The topological polar surface area (TPSA) is 67.3 Å². The summed E-state index contributed by atoms with van der Waals surface area (Å²) >= 11 is 1.34. The molecule has 4 nitrogen and oxygen atoms in total. The zero-order chi connectivity index (χ0) is 10.3. The van der Waals surface area contributed by atoms with Crippen molar-refractivity contribution in [1.29, 1.82) is 0 Å². The Bertz CT molecular complexity index is 586. The van der Waals surface area contributed by atoms with Gasteiger partial charge in [-0.25, -0.2) is 4.98 Å². The number of thiazole rings is 1. The van der Waals surface area contributed by atoms with Gasteiger partial charge in [0.05, 0.1) is 20.6 Å². The fraction of sp³-hybridized carbons (Fsp3) is 0.125. The first kappa shape index (κ1) is 9.57. The maximum absolute atomic E-state index is 11.0. The monoisotopic (exact) mass is 229 g/mol. The molecule has 0 aliphatic rings. The highest BCUT2D eigenvalue weighted by atomic mass is 32.2. The minimum absolute atomic E-state index is 0.0470. The summed E-state index contributed by atoms with van der Waals surface area (Å²) in [5.74, 6) is 0. The van der Waals surface area contributed by atoms with E-state index in [-0.39, 0.29) is 4.90 Å². The highest BCUT2D eigenvalue weighted by Crippen LogP contribution is 2.24. The summed E-state index contributed by atoms with van der Waals surface area (Å²) in [6.45, 7) is 1.63. The van der Waals surface area contributed by atoms with Gasteiger partial charge in [0.1, 0.15) is 0 Å². The van der Waals surface area contributed by atoms with Crippen molar-refractivity contribution in [1.82, 2.24) is 4.98 Å². The number of rotatable bonds is 1. The van der Waals surface area contributed by atoms with E-state index >= 15 is 0 Å². The molecule has 6 heteroatoms. The van der Waals surface area contributed by atoms with Crippen molar-refractivity contribution in [2.45, 2.75) is 11.8 Å². The SMILES string of the molecule is Cc1cc2ncsc2cc1S(=O)(=O)O. The second-order valence-corrected chi connectivity index (χ2v) is 5.19. The molecule has 0 aliphatic heterocycles. The number of hydrogen-bond acceptors (Lipinski definition) is 4. The van der Waals surface area contributed by atoms with Crippen molar-refractivity contribution in [3.05, 3.63) is 23.2 Å². The maximum atomic E-state index is 11.0. The molecule has 0 saturated carbocycles. The molecule has 74 valence electrons. The lowest BCUT2D eigenvalue weighted by molar-refractivity contribution is 0.482. The number of hydrogen-bond donors (Lipinski definition) is 1. The van der Waals surface area contributed by atoms with Crippen molar-refractivity contribution >= 4 is 31.7 Å². The standard InChI is InChI=1S/C8H7NO3S2/c1-5-2-6-7(13-4-9-6)3-8(5)14(10,11)12/h2-4H,1H3,(H,10,11,12). The van der Waals surface area contributed by atoms with Gasteiger partial charge in [0, 0.05) is 0 Å². The maximum Gasteiger partial charge on any atom is 0.294 e. The van der Waals surface area contributed by atoms with E-state index in [1.165, 1.54) is 17.4 Å². The molecule has 1 aromatic heterocycles.